The van der Waals surface area contributed by atoms with Crippen molar-refractivity contribution in [1.29, 1.82) is 0 Å². The predicted octanol–water partition coefficient (Wildman–Crippen LogP) is 4.59. The summed E-state index contributed by atoms with van der Waals surface area (Å²) in [7, 11) is 0. The van der Waals surface area contributed by atoms with E-state index in [2.05, 4.69) is 60.4 Å². The van der Waals surface area contributed by atoms with Gasteiger partial charge >= 0.3 is 0 Å². The van der Waals surface area contributed by atoms with Gasteiger partial charge in [-0.15, -0.1) is 24.0 Å². The number of ether oxygens (including phenoxy) is 1. The molecule has 0 fully saturated rings. The van der Waals surface area contributed by atoms with Crippen LogP contribution in [0.2, 0.25) is 0 Å². The second-order valence-corrected chi connectivity index (χ2v) is 6.97. The molecular formula is C22H33IN4O. The molecule has 5 nitrogen and oxygen atoms in total. The van der Waals surface area contributed by atoms with E-state index in [9.17, 15) is 0 Å². The first-order chi connectivity index (χ1) is 13.1. The quantitative estimate of drug-likeness (QED) is 0.303. The molecule has 0 saturated carbocycles. The van der Waals surface area contributed by atoms with Crippen molar-refractivity contribution in [2.24, 2.45) is 10.9 Å². The summed E-state index contributed by atoms with van der Waals surface area (Å²) in [6.07, 6.45) is 2.65. The maximum atomic E-state index is 5.75. The molecule has 0 saturated heterocycles. The number of benzene rings is 1. The Morgan fingerprint density at radius 2 is 1.86 bits per heavy atom. The van der Waals surface area contributed by atoms with E-state index in [-0.39, 0.29) is 30.0 Å². The molecule has 1 atom stereocenters. The summed E-state index contributed by atoms with van der Waals surface area (Å²) >= 11 is 0. The summed E-state index contributed by atoms with van der Waals surface area (Å²) in [5.74, 6) is 2.26. The number of rotatable bonds is 9. The first-order valence-electron chi connectivity index (χ1n) is 9.76. The lowest BCUT2D eigenvalue weighted by molar-refractivity contribution is 0.271. The van der Waals surface area contributed by atoms with Crippen LogP contribution in [-0.4, -0.2) is 30.6 Å². The molecule has 0 aliphatic carbocycles. The minimum atomic E-state index is 0. The van der Waals surface area contributed by atoms with Crippen LogP contribution < -0.4 is 15.4 Å². The van der Waals surface area contributed by atoms with Crippen LogP contribution in [0.4, 0.5) is 0 Å². The Morgan fingerprint density at radius 3 is 2.46 bits per heavy atom. The minimum Gasteiger partial charge on any atom is -0.493 e. The van der Waals surface area contributed by atoms with Gasteiger partial charge in [0.1, 0.15) is 5.75 Å². The molecule has 1 aromatic carbocycles. The van der Waals surface area contributed by atoms with Crippen molar-refractivity contribution in [2.75, 3.05) is 19.7 Å². The summed E-state index contributed by atoms with van der Waals surface area (Å²) in [5, 5.41) is 6.78. The van der Waals surface area contributed by atoms with Gasteiger partial charge in [-0.25, -0.2) is 0 Å². The van der Waals surface area contributed by atoms with Gasteiger partial charge in [-0.2, -0.15) is 0 Å². The standard InChI is InChI=1S/C22H32N4O.HI/c1-5-23-22(25-15-13-20-8-6-7-14-24-20)26-18(4)19-9-11-21(12-10-19)27-16-17(2)3;/h6-12,14,17-18H,5,13,15-16H2,1-4H3,(H2,23,25,26);1H. The highest BCUT2D eigenvalue weighted by atomic mass is 127. The average Bonchev–Trinajstić information content (AvgIpc) is 2.67. The van der Waals surface area contributed by atoms with E-state index in [0.29, 0.717) is 12.5 Å². The van der Waals surface area contributed by atoms with Crippen molar-refractivity contribution in [2.45, 2.75) is 40.2 Å². The highest BCUT2D eigenvalue weighted by Crippen LogP contribution is 2.18. The molecular weight excluding hydrogens is 463 g/mol. The monoisotopic (exact) mass is 496 g/mol. The molecule has 28 heavy (non-hydrogen) atoms. The summed E-state index contributed by atoms with van der Waals surface area (Å²) in [5.41, 5.74) is 2.25. The molecule has 1 unspecified atom stereocenters. The molecule has 0 aliphatic rings. The van der Waals surface area contributed by atoms with Gasteiger partial charge in [-0.05, 0) is 49.6 Å². The lowest BCUT2D eigenvalue weighted by Gasteiger charge is -2.18. The largest absolute Gasteiger partial charge is 0.493 e. The van der Waals surface area contributed by atoms with Gasteiger partial charge in [0.05, 0.1) is 12.6 Å². The van der Waals surface area contributed by atoms with E-state index >= 15 is 0 Å². The molecule has 0 spiro atoms. The Balaban J connectivity index is 0.00000392. The van der Waals surface area contributed by atoms with Crippen LogP contribution in [0.1, 0.15) is 45.0 Å². The zero-order valence-corrected chi connectivity index (χ0v) is 19.6. The minimum absolute atomic E-state index is 0. The summed E-state index contributed by atoms with van der Waals surface area (Å²) < 4.78 is 5.75. The molecule has 154 valence electrons. The van der Waals surface area contributed by atoms with Gasteiger partial charge in [0, 0.05) is 31.4 Å². The number of aromatic nitrogens is 1. The van der Waals surface area contributed by atoms with Crippen LogP contribution in [0.25, 0.3) is 0 Å². The first kappa shape index (κ1) is 24.2. The van der Waals surface area contributed by atoms with Gasteiger partial charge in [-0.1, -0.05) is 32.0 Å². The van der Waals surface area contributed by atoms with E-state index < -0.39 is 0 Å². The number of aliphatic imine (C=N–C) groups is 1. The average molecular weight is 496 g/mol. The van der Waals surface area contributed by atoms with Gasteiger partial charge in [0.2, 0.25) is 0 Å². The fourth-order valence-corrected chi connectivity index (χ4v) is 2.55. The Hall–Kier alpha value is -1.83. The van der Waals surface area contributed by atoms with E-state index in [0.717, 1.165) is 37.0 Å². The van der Waals surface area contributed by atoms with E-state index in [1.54, 1.807) is 0 Å². The van der Waals surface area contributed by atoms with Gasteiger partial charge in [-0.3, -0.25) is 9.98 Å². The molecule has 0 bridgehead atoms. The number of hydrogen-bond acceptors (Lipinski definition) is 3. The zero-order valence-electron chi connectivity index (χ0n) is 17.3. The number of pyridine rings is 1. The third kappa shape index (κ3) is 8.91. The van der Waals surface area contributed by atoms with E-state index in [1.165, 1.54) is 5.56 Å². The summed E-state index contributed by atoms with van der Waals surface area (Å²) in [4.78, 5) is 9.01. The third-order valence-electron chi connectivity index (χ3n) is 4.02. The number of nitrogens with zero attached hydrogens (tertiary/aromatic N) is 2. The number of nitrogens with one attached hydrogen (secondary N) is 2. The fourth-order valence-electron chi connectivity index (χ4n) is 2.55. The van der Waals surface area contributed by atoms with Crippen molar-refractivity contribution in [1.82, 2.24) is 15.6 Å². The van der Waals surface area contributed by atoms with Gasteiger partial charge in [0.15, 0.2) is 5.96 Å². The van der Waals surface area contributed by atoms with Crippen LogP contribution in [0.3, 0.4) is 0 Å². The van der Waals surface area contributed by atoms with Crippen LogP contribution in [0.5, 0.6) is 5.75 Å². The summed E-state index contributed by atoms with van der Waals surface area (Å²) in [6, 6.07) is 14.4. The predicted molar refractivity (Wildman–Crippen MR) is 128 cm³/mol. The van der Waals surface area contributed by atoms with Gasteiger partial charge in [0.25, 0.3) is 0 Å². The van der Waals surface area contributed by atoms with E-state index in [1.807, 2.05) is 36.5 Å². The number of hydrogen-bond donors (Lipinski definition) is 2. The molecule has 0 radical (unpaired) electrons. The SMILES string of the molecule is CCNC(=NCCc1ccccn1)NC(C)c1ccc(OCC(C)C)cc1.I. The number of guanidine groups is 1. The molecule has 2 N–H and O–H groups in total. The molecule has 6 heteroatoms. The van der Waals surface area contributed by atoms with Crippen LogP contribution in [0.15, 0.2) is 53.7 Å². The summed E-state index contributed by atoms with van der Waals surface area (Å²) in [6.45, 7) is 10.8. The lowest BCUT2D eigenvalue weighted by atomic mass is 10.1. The topological polar surface area (TPSA) is 58.5 Å². The Kier molecular flexibility index (Phi) is 11.6. The Morgan fingerprint density at radius 1 is 1.11 bits per heavy atom. The smallest absolute Gasteiger partial charge is 0.191 e. The molecule has 2 rings (SSSR count). The van der Waals surface area contributed by atoms with E-state index in [4.69, 9.17) is 4.74 Å². The molecule has 0 amide bonds. The molecule has 0 aliphatic heterocycles. The Bertz CT molecular complexity index is 689. The van der Waals surface area contributed by atoms with Crippen molar-refractivity contribution in [3.63, 3.8) is 0 Å². The van der Waals surface area contributed by atoms with Crippen LogP contribution in [-0.2, 0) is 6.42 Å². The third-order valence-corrected chi connectivity index (χ3v) is 4.02. The van der Waals surface area contributed by atoms with Crippen molar-refractivity contribution in [3.8, 4) is 5.75 Å². The zero-order chi connectivity index (χ0) is 19.5. The second kappa shape index (κ2) is 13.4. The normalized spacial score (nSPS) is 12.2. The van der Waals surface area contributed by atoms with Crippen LogP contribution in [0, 0.1) is 5.92 Å². The van der Waals surface area contributed by atoms with Crippen molar-refractivity contribution >= 4 is 29.9 Å². The Labute approximate surface area is 186 Å². The highest BCUT2D eigenvalue weighted by Gasteiger charge is 2.08. The molecule has 1 aromatic heterocycles. The number of halogens is 1. The fraction of sp³-hybridized carbons (Fsp3) is 0.455. The highest BCUT2D eigenvalue weighted by molar-refractivity contribution is 14.0. The lowest BCUT2D eigenvalue weighted by Crippen LogP contribution is -2.38. The molecule has 2 aromatic rings. The second-order valence-electron chi connectivity index (χ2n) is 6.97. The molecule has 1 heterocycles. The maximum Gasteiger partial charge on any atom is 0.191 e. The van der Waals surface area contributed by atoms with Crippen molar-refractivity contribution in [3.05, 3.63) is 59.9 Å². The van der Waals surface area contributed by atoms with Crippen molar-refractivity contribution < 1.29 is 4.74 Å². The van der Waals surface area contributed by atoms with Gasteiger partial charge < -0.3 is 15.4 Å². The maximum absolute atomic E-state index is 5.75. The first-order valence-corrected chi connectivity index (χ1v) is 9.76. The van der Waals surface area contributed by atoms with Crippen LogP contribution >= 0.6 is 24.0 Å².